The number of aromatic nitrogens is 3. The third-order valence-corrected chi connectivity index (χ3v) is 3.88. The zero-order valence-electron chi connectivity index (χ0n) is 11.8. The molecule has 1 fully saturated rings. The summed E-state index contributed by atoms with van der Waals surface area (Å²) >= 11 is 0. The van der Waals surface area contributed by atoms with Crippen LogP contribution < -0.4 is 5.32 Å². The third-order valence-electron chi connectivity index (χ3n) is 3.88. The van der Waals surface area contributed by atoms with E-state index in [1.54, 1.807) is 6.20 Å². The van der Waals surface area contributed by atoms with Gasteiger partial charge in [0.2, 0.25) is 11.7 Å². The Kier molecular flexibility index (Phi) is 4.06. The summed E-state index contributed by atoms with van der Waals surface area (Å²) in [6.07, 6.45) is 5.90. The van der Waals surface area contributed by atoms with Crippen LogP contribution in [0.5, 0.6) is 0 Å². The first-order chi connectivity index (χ1) is 9.86. The lowest BCUT2D eigenvalue weighted by atomic mass is 10.0. The first-order valence-electron chi connectivity index (χ1n) is 7.34. The lowest BCUT2D eigenvalue weighted by Crippen LogP contribution is -2.09. The van der Waals surface area contributed by atoms with E-state index in [0.29, 0.717) is 5.82 Å². The summed E-state index contributed by atoms with van der Waals surface area (Å²) in [6.45, 7) is 4.35. The quantitative estimate of drug-likeness (QED) is 0.904. The normalized spacial score (nSPS) is 18.6. The van der Waals surface area contributed by atoms with Crippen LogP contribution in [0.25, 0.3) is 11.5 Å². The van der Waals surface area contributed by atoms with Gasteiger partial charge in [0.1, 0.15) is 5.69 Å². The molecular formula is C15H20N4O. The van der Waals surface area contributed by atoms with Gasteiger partial charge in [-0.2, -0.15) is 4.98 Å². The van der Waals surface area contributed by atoms with Gasteiger partial charge in [-0.1, -0.05) is 18.1 Å². The van der Waals surface area contributed by atoms with E-state index in [-0.39, 0.29) is 0 Å². The fourth-order valence-corrected chi connectivity index (χ4v) is 2.67. The average molecular weight is 272 g/mol. The van der Waals surface area contributed by atoms with E-state index < -0.39 is 0 Å². The van der Waals surface area contributed by atoms with E-state index in [9.17, 15) is 0 Å². The van der Waals surface area contributed by atoms with Crippen LogP contribution >= 0.6 is 0 Å². The molecule has 2 aromatic heterocycles. The lowest BCUT2D eigenvalue weighted by Gasteiger charge is -2.04. The fraction of sp³-hybridized carbons (Fsp3) is 0.533. The molecule has 1 aliphatic rings. The Hall–Kier alpha value is -1.75. The first-order valence-corrected chi connectivity index (χ1v) is 7.34. The van der Waals surface area contributed by atoms with E-state index in [2.05, 4.69) is 33.4 Å². The number of hydrogen-bond donors (Lipinski definition) is 1. The molecule has 1 unspecified atom stereocenters. The molecule has 0 spiro atoms. The van der Waals surface area contributed by atoms with Crippen LogP contribution in [0.3, 0.4) is 0 Å². The summed E-state index contributed by atoms with van der Waals surface area (Å²) in [6, 6.07) is 4.00. The Bertz CT molecular complexity index is 561. The molecule has 20 heavy (non-hydrogen) atoms. The van der Waals surface area contributed by atoms with Crippen LogP contribution in [0, 0.1) is 5.92 Å². The molecule has 0 radical (unpaired) electrons. The number of rotatable bonds is 5. The first kappa shape index (κ1) is 13.2. The van der Waals surface area contributed by atoms with Gasteiger partial charge >= 0.3 is 0 Å². The minimum Gasteiger partial charge on any atom is -0.339 e. The van der Waals surface area contributed by atoms with Crippen LogP contribution in [0.2, 0.25) is 0 Å². The molecule has 0 saturated carbocycles. The Labute approximate surface area is 118 Å². The molecule has 3 heterocycles. The van der Waals surface area contributed by atoms with Crippen LogP contribution in [-0.2, 0) is 12.8 Å². The molecule has 1 N–H and O–H groups in total. The van der Waals surface area contributed by atoms with Crippen LogP contribution in [0.4, 0.5) is 0 Å². The van der Waals surface area contributed by atoms with Crippen molar-refractivity contribution in [1.29, 1.82) is 0 Å². The number of pyridine rings is 1. The predicted octanol–water partition coefficient (Wildman–Crippen LogP) is 2.24. The van der Waals surface area contributed by atoms with E-state index in [4.69, 9.17) is 4.52 Å². The van der Waals surface area contributed by atoms with E-state index in [1.165, 1.54) is 6.42 Å². The fourth-order valence-electron chi connectivity index (χ4n) is 2.67. The van der Waals surface area contributed by atoms with E-state index in [0.717, 1.165) is 55.4 Å². The van der Waals surface area contributed by atoms with Crippen molar-refractivity contribution in [3.8, 4) is 11.5 Å². The second-order valence-electron chi connectivity index (χ2n) is 5.27. The Morgan fingerprint density at radius 2 is 2.40 bits per heavy atom. The van der Waals surface area contributed by atoms with Crippen molar-refractivity contribution in [3.63, 3.8) is 0 Å². The van der Waals surface area contributed by atoms with Crippen molar-refractivity contribution in [2.45, 2.75) is 32.6 Å². The largest absolute Gasteiger partial charge is 0.339 e. The molecule has 5 heteroatoms. The minimum absolute atomic E-state index is 0.613. The molecule has 0 aromatic carbocycles. The van der Waals surface area contributed by atoms with Crippen molar-refractivity contribution in [1.82, 2.24) is 20.4 Å². The summed E-state index contributed by atoms with van der Waals surface area (Å²) in [5.41, 5.74) is 1.99. The molecule has 0 aliphatic carbocycles. The standard InChI is InChI=1S/C15H20N4O/c1-2-12-4-3-8-17-14(12)15-18-13(20-19-15)6-5-11-7-9-16-10-11/h3-4,8,11,16H,2,5-7,9-10H2,1H3. The molecule has 0 amide bonds. The maximum atomic E-state index is 5.36. The number of hydrogen-bond acceptors (Lipinski definition) is 5. The molecule has 1 atom stereocenters. The highest BCUT2D eigenvalue weighted by Gasteiger charge is 2.17. The summed E-state index contributed by atoms with van der Waals surface area (Å²) in [5.74, 6) is 2.08. The average Bonchev–Trinajstić information content (AvgIpc) is 3.16. The van der Waals surface area contributed by atoms with Gasteiger partial charge in [-0.25, -0.2) is 0 Å². The van der Waals surface area contributed by atoms with Gasteiger partial charge in [0, 0.05) is 12.6 Å². The van der Waals surface area contributed by atoms with Gasteiger partial charge in [-0.05, 0) is 49.9 Å². The minimum atomic E-state index is 0.613. The summed E-state index contributed by atoms with van der Waals surface area (Å²) in [5, 5.41) is 7.45. The van der Waals surface area contributed by atoms with Gasteiger partial charge in [0.05, 0.1) is 0 Å². The second kappa shape index (κ2) is 6.13. The highest BCUT2D eigenvalue weighted by molar-refractivity contribution is 5.53. The van der Waals surface area contributed by atoms with E-state index in [1.807, 2.05) is 6.07 Å². The molecule has 1 saturated heterocycles. The maximum absolute atomic E-state index is 5.36. The molecule has 1 aliphatic heterocycles. The van der Waals surface area contributed by atoms with Crippen LogP contribution in [0.1, 0.15) is 31.2 Å². The topological polar surface area (TPSA) is 63.8 Å². The zero-order valence-corrected chi connectivity index (χ0v) is 11.8. The molecule has 5 nitrogen and oxygen atoms in total. The SMILES string of the molecule is CCc1cccnc1-c1noc(CCC2CCNC2)n1. The van der Waals surface area contributed by atoms with Crippen LogP contribution in [0.15, 0.2) is 22.9 Å². The van der Waals surface area contributed by atoms with Crippen molar-refractivity contribution >= 4 is 0 Å². The van der Waals surface area contributed by atoms with Gasteiger partial charge < -0.3 is 9.84 Å². The van der Waals surface area contributed by atoms with Gasteiger partial charge in [0.25, 0.3) is 0 Å². The third kappa shape index (κ3) is 2.88. The van der Waals surface area contributed by atoms with E-state index >= 15 is 0 Å². The summed E-state index contributed by atoms with van der Waals surface area (Å²) in [4.78, 5) is 8.87. The predicted molar refractivity (Wildman–Crippen MR) is 76.2 cm³/mol. The number of nitrogens with one attached hydrogen (secondary N) is 1. The van der Waals surface area contributed by atoms with Crippen molar-refractivity contribution in [2.75, 3.05) is 13.1 Å². The Morgan fingerprint density at radius 3 is 3.20 bits per heavy atom. The molecule has 106 valence electrons. The second-order valence-corrected chi connectivity index (χ2v) is 5.27. The van der Waals surface area contributed by atoms with Gasteiger partial charge in [0.15, 0.2) is 0 Å². The molecule has 3 rings (SSSR count). The molecular weight excluding hydrogens is 252 g/mol. The van der Waals surface area contributed by atoms with Crippen molar-refractivity contribution in [2.24, 2.45) is 5.92 Å². The highest BCUT2D eigenvalue weighted by atomic mass is 16.5. The van der Waals surface area contributed by atoms with Gasteiger partial charge in [-0.15, -0.1) is 0 Å². The molecule has 2 aromatic rings. The lowest BCUT2D eigenvalue weighted by molar-refractivity contribution is 0.365. The number of nitrogens with zero attached hydrogens (tertiary/aromatic N) is 3. The van der Waals surface area contributed by atoms with Gasteiger partial charge in [-0.3, -0.25) is 4.98 Å². The van der Waals surface area contributed by atoms with Crippen molar-refractivity contribution in [3.05, 3.63) is 29.8 Å². The zero-order chi connectivity index (χ0) is 13.8. The smallest absolute Gasteiger partial charge is 0.227 e. The highest BCUT2D eigenvalue weighted by Crippen LogP contribution is 2.20. The molecule has 0 bridgehead atoms. The maximum Gasteiger partial charge on any atom is 0.227 e. The number of aryl methyl sites for hydroxylation is 2. The summed E-state index contributed by atoms with van der Waals surface area (Å²) in [7, 11) is 0. The summed E-state index contributed by atoms with van der Waals surface area (Å²) < 4.78 is 5.36. The monoisotopic (exact) mass is 272 g/mol. The van der Waals surface area contributed by atoms with Crippen molar-refractivity contribution < 1.29 is 4.52 Å². The van der Waals surface area contributed by atoms with Crippen LogP contribution in [-0.4, -0.2) is 28.2 Å². The Balaban J connectivity index is 1.69. The Morgan fingerprint density at radius 1 is 1.45 bits per heavy atom.